The van der Waals surface area contributed by atoms with E-state index in [0.29, 0.717) is 22.0 Å². The second-order valence-electron chi connectivity index (χ2n) is 8.60. The van der Waals surface area contributed by atoms with Crippen LogP contribution in [-0.2, 0) is 11.2 Å². The summed E-state index contributed by atoms with van der Waals surface area (Å²) in [6, 6.07) is 8.44. The molecule has 0 radical (unpaired) electrons. The Bertz CT molecular complexity index is 837. The number of rotatable bonds is 5. The number of thioether (sulfide) groups is 1. The molecule has 1 aromatic rings. The smallest absolute Gasteiger partial charge is 0.164 e. The quantitative estimate of drug-likeness (QED) is 0.397. The molecule has 2 aliphatic heterocycles. The third-order valence-electron chi connectivity index (χ3n) is 6.04. The Morgan fingerprint density at radius 3 is 2.45 bits per heavy atom. The molecule has 2 heterocycles. The van der Waals surface area contributed by atoms with E-state index in [2.05, 4.69) is 60.7 Å². The largest absolute Gasteiger partial charge is 0.395 e. The topological polar surface area (TPSA) is 90.2 Å². The normalized spacial score (nSPS) is 35.8. The van der Waals surface area contributed by atoms with E-state index in [1.807, 2.05) is 13.0 Å². The lowest BCUT2D eigenvalue weighted by molar-refractivity contribution is -0.125. The van der Waals surface area contributed by atoms with Crippen molar-refractivity contribution < 1.29 is 25.2 Å². The molecule has 3 rings (SSSR count). The molecule has 6 atom stereocenters. The fourth-order valence-electron chi connectivity index (χ4n) is 4.11. The van der Waals surface area contributed by atoms with Gasteiger partial charge in [-0.05, 0) is 57.2 Å². The Kier molecular flexibility index (Phi) is 8.57. The van der Waals surface area contributed by atoms with Gasteiger partial charge in [-0.1, -0.05) is 62.7 Å². The van der Waals surface area contributed by atoms with Crippen LogP contribution in [0, 0.1) is 5.92 Å². The number of aliphatic hydroxyl groups excluding tert-OH is 4. The van der Waals surface area contributed by atoms with Gasteiger partial charge in [0.1, 0.15) is 12.2 Å². The molecule has 0 aromatic heterocycles. The van der Waals surface area contributed by atoms with E-state index in [1.165, 1.54) is 17.3 Å². The molecule has 1 aromatic carbocycles. The summed E-state index contributed by atoms with van der Waals surface area (Å²) in [6.45, 7) is 6.35. The second kappa shape index (κ2) is 10.4. The van der Waals surface area contributed by atoms with Gasteiger partial charge in [-0.25, -0.2) is 0 Å². The molecule has 31 heavy (non-hydrogen) atoms. The Morgan fingerprint density at radius 1 is 1.26 bits per heavy atom. The number of hydrogen-bond donors (Lipinski definition) is 4. The highest BCUT2D eigenvalue weighted by molar-refractivity contribution is 14.1. The van der Waals surface area contributed by atoms with Crippen molar-refractivity contribution in [1.29, 1.82) is 0 Å². The van der Waals surface area contributed by atoms with Crippen LogP contribution in [0.15, 0.2) is 44.5 Å². The van der Waals surface area contributed by atoms with Crippen molar-refractivity contribution in [1.82, 2.24) is 0 Å². The van der Waals surface area contributed by atoms with Crippen molar-refractivity contribution in [2.45, 2.75) is 61.6 Å². The van der Waals surface area contributed by atoms with E-state index < -0.39 is 28.5 Å². The molecule has 2 unspecified atom stereocenters. The van der Waals surface area contributed by atoms with Crippen LogP contribution >= 0.6 is 46.0 Å². The molecule has 8 heteroatoms. The summed E-state index contributed by atoms with van der Waals surface area (Å²) in [4.78, 5) is -1.23. The lowest BCUT2D eigenvalue weighted by atomic mass is 9.88. The zero-order chi connectivity index (χ0) is 22.9. The number of halogens is 2. The average Bonchev–Trinajstić information content (AvgIpc) is 3.05. The average molecular weight is 581 g/mol. The van der Waals surface area contributed by atoms with Crippen LogP contribution in [0.1, 0.15) is 37.8 Å². The molecule has 0 bridgehead atoms. The Morgan fingerprint density at radius 2 is 1.90 bits per heavy atom. The first-order valence-electron chi connectivity index (χ1n) is 10.4. The van der Waals surface area contributed by atoms with Gasteiger partial charge in [0.05, 0.1) is 27.6 Å². The summed E-state index contributed by atoms with van der Waals surface area (Å²) in [6.07, 6.45) is -1.41. The van der Waals surface area contributed by atoms with Gasteiger partial charge >= 0.3 is 0 Å². The summed E-state index contributed by atoms with van der Waals surface area (Å²) in [5.41, 5.74) is 4.08. The summed E-state index contributed by atoms with van der Waals surface area (Å²) < 4.78 is 6.65. The molecule has 4 N–H and O–H groups in total. The summed E-state index contributed by atoms with van der Waals surface area (Å²) >= 11 is 9.71. The van der Waals surface area contributed by atoms with Gasteiger partial charge in [-0.2, -0.15) is 0 Å². The number of ether oxygens (including phenoxy) is 1. The van der Waals surface area contributed by atoms with Crippen LogP contribution in [-0.4, -0.2) is 62.1 Å². The third-order valence-corrected chi connectivity index (χ3v) is 8.66. The van der Waals surface area contributed by atoms with E-state index in [4.69, 9.17) is 16.3 Å². The van der Waals surface area contributed by atoms with Gasteiger partial charge in [-0.15, -0.1) is 11.8 Å². The highest BCUT2D eigenvalue weighted by atomic mass is 127. The van der Waals surface area contributed by atoms with Crippen LogP contribution in [0.5, 0.6) is 0 Å². The highest BCUT2D eigenvalue weighted by Gasteiger charge is 2.59. The Balaban J connectivity index is 1.96. The maximum atomic E-state index is 10.9. The van der Waals surface area contributed by atoms with E-state index in [-0.39, 0.29) is 12.5 Å². The van der Waals surface area contributed by atoms with Crippen molar-refractivity contribution in [3.05, 3.63) is 55.7 Å². The molecule has 2 saturated heterocycles. The SMILES string of the molecule is CC1CO[C@]2(SC(CO)[C@@H](O)[C@H](O)[C@H]2O)/C1=C/C(Cc1ccc(C(C)C)cc1)=C(/Cl)I. The summed E-state index contributed by atoms with van der Waals surface area (Å²) in [5, 5.41) is 40.6. The Labute approximate surface area is 206 Å². The lowest BCUT2D eigenvalue weighted by Gasteiger charge is -2.46. The molecule has 2 aliphatic rings. The number of benzene rings is 1. The van der Waals surface area contributed by atoms with Gasteiger partial charge in [0.25, 0.3) is 0 Å². The van der Waals surface area contributed by atoms with E-state index in [0.717, 1.165) is 16.7 Å². The van der Waals surface area contributed by atoms with Crippen LogP contribution in [0.4, 0.5) is 0 Å². The maximum absolute atomic E-state index is 10.9. The van der Waals surface area contributed by atoms with Crippen LogP contribution in [0.3, 0.4) is 0 Å². The minimum atomic E-state index is -1.42. The van der Waals surface area contributed by atoms with Crippen molar-refractivity contribution >= 4 is 46.0 Å². The first-order chi connectivity index (χ1) is 14.6. The zero-order valence-corrected chi connectivity index (χ0v) is 21.6. The molecule has 172 valence electrons. The van der Waals surface area contributed by atoms with Crippen LogP contribution in [0.25, 0.3) is 0 Å². The molecule has 2 fully saturated rings. The van der Waals surface area contributed by atoms with Crippen LogP contribution < -0.4 is 0 Å². The lowest BCUT2D eigenvalue weighted by Crippen LogP contribution is -2.60. The van der Waals surface area contributed by atoms with Gasteiger partial charge in [0, 0.05) is 5.92 Å². The molecule has 0 aliphatic carbocycles. The van der Waals surface area contributed by atoms with Gasteiger partial charge in [0.2, 0.25) is 0 Å². The molecule has 0 saturated carbocycles. The maximum Gasteiger partial charge on any atom is 0.164 e. The molecule has 5 nitrogen and oxygen atoms in total. The number of aliphatic hydroxyl groups is 4. The second-order valence-corrected chi connectivity index (χ2v) is 12.1. The van der Waals surface area contributed by atoms with Crippen molar-refractivity contribution in [3.63, 3.8) is 0 Å². The van der Waals surface area contributed by atoms with Gasteiger partial charge in [-0.3, -0.25) is 0 Å². The molecule has 0 amide bonds. The third kappa shape index (κ3) is 5.19. The van der Waals surface area contributed by atoms with Gasteiger partial charge in [0.15, 0.2) is 4.93 Å². The minimum absolute atomic E-state index is 0.0188. The fraction of sp³-hybridized carbons (Fsp3) is 0.565. The van der Waals surface area contributed by atoms with Crippen LogP contribution in [0.2, 0.25) is 0 Å². The van der Waals surface area contributed by atoms with E-state index in [1.54, 1.807) is 0 Å². The molecular weight excluding hydrogens is 551 g/mol. The van der Waals surface area contributed by atoms with E-state index >= 15 is 0 Å². The van der Waals surface area contributed by atoms with Crippen molar-refractivity contribution in [2.24, 2.45) is 5.92 Å². The number of hydrogen-bond acceptors (Lipinski definition) is 6. The standard InChI is InChI=1S/C23H30ClIO5S/c1-12(2)15-6-4-14(5-7-15)8-16(22(24)25)9-17-13(3)11-30-23(17)21(29)20(28)19(27)18(10-26)31-23/h4-7,9,12-13,18-21,26-29H,8,10-11H2,1-3H3/b17-9+,22-16-/t13?,18?,19-,20+,21-,23+/m1/s1. The predicted octanol–water partition coefficient (Wildman–Crippen LogP) is 3.72. The number of allylic oxidation sites excluding steroid dienone is 2. The molecule has 1 spiro atoms. The monoisotopic (exact) mass is 580 g/mol. The molecular formula is C23H30ClIO5S. The Hall–Kier alpha value is -0.130. The summed E-state index contributed by atoms with van der Waals surface area (Å²) in [5.74, 6) is 0.441. The fourth-order valence-corrected chi connectivity index (χ4v) is 6.21. The van der Waals surface area contributed by atoms with Gasteiger partial charge < -0.3 is 25.2 Å². The highest BCUT2D eigenvalue weighted by Crippen LogP contribution is 2.53. The predicted molar refractivity (Wildman–Crippen MR) is 134 cm³/mol. The first-order valence-corrected chi connectivity index (χ1v) is 12.8. The zero-order valence-electron chi connectivity index (χ0n) is 17.8. The summed E-state index contributed by atoms with van der Waals surface area (Å²) in [7, 11) is 0. The first kappa shape index (κ1) is 25.5. The van der Waals surface area contributed by atoms with Crippen molar-refractivity contribution in [3.8, 4) is 0 Å². The van der Waals surface area contributed by atoms with Crippen molar-refractivity contribution in [2.75, 3.05) is 13.2 Å². The minimum Gasteiger partial charge on any atom is -0.395 e. The van der Waals surface area contributed by atoms with E-state index in [9.17, 15) is 20.4 Å².